The van der Waals surface area contributed by atoms with Crippen LogP contribution in [0.5, 0.6) is 0 Å². The summed E-state index contributed by atoms with van der Waals surface area (Å²) in [5.41, 5.74) is 7.86. The van der Waals surface area contributed by atoms with Crippen LogP contribution >= 0.6 is 11.6 Å². The highest BCUT2D eigenvalue weighted by Gasteiger charge is 2.15. The van der Waals surface area contributed by atoms with E-state index >= 15 is 0 Å². The van der Waals surface area contributed by atoms with Crippen LogP contribution in [0.2, 0.25) is 5.02 Å². The number of hydrogen-bond donors (Lipinski definition) is 1. The Morgan fingerprint density at radius 2 is 2.35 bits per heavy atom. The Bertz CT molecular complexity index is 580. The fourth-order valence-corrected chi connectivity index (χ4v) is 2.01. The SMILES string of the molecule is C#CCn1c(C(N)CC)nc2cc(Cl)ccc21. The van der Waals surface area contributed by atoms with Crippen LogP contribution in [-0.4, -0.2) is 9.55 Å². The van der Waals surface area contributed by atoms with E-state index in [9.17, 15) is 0 Å². The summed E-state index contributed by atoms with van der Waals surface area (Å²) < 4.78 is 1.97. The van der Waals surface area contributed by atoms with E-state index in [-0.39, 0.29) is 6.04 Å². The minimum Gasteiger partial charge on any atom is -0.321 e. The molecule has 4 heteroatoms. The van der Waals surface area contributed by atoms with Gasteiger partial charge >= 0.3 is 0 Å². The molecule has 2 rings (SSSR count). The van der Waals surface area contributed by atoms with Gasteiger partial charge in [0.15, 0.2) is 0 Å². The third-order valence-corrected chi connectivity index (χ3v) is 3.00. The minimum absolute atomic E-state index is 0.102. The maximum absolute atomic E-state index is 6.04. The molecule has 0 spiro atoms. The smallest absolute Gasteiger partial charge is 0.127 e. The molecular formula is C13H14ClN3. The fourth-order valence-electron chi connectivity index (χ4n) is 1.84. The molecule has 0 aliphatic heterocycles. The van der Waals surface area contributed by atoms with E-state index in [1.807, 2.05) is 29.7 Å². The molecule has 1 aromatic carbocycles. The van der Waals surface area contributed by atoms with E-state index in [4.69, 9.17) is 23.8 Å². The summed E-state index contributed by atoms with van der Waals surface area (Å²) in [6, 6.07) is 5.48. The van der Waals surface area contributed by atoms with Gasteiger partial charge in [-0.15, -0.1) is 6.42 Å². The zero-order chi connectivity index (χ0) is 12.4. The molecule has 0 bridgehead atoms. The number of benzene rings is 1. The van der Waals surface area contributed by atoms with Crippen molar-refractivity contribution in [3.05, 3.63) is 29.0 Å². The standard InChI is InChI=1S/C13H14ClN3/c1-3-7-17-12-6-5-9(14)8-11(12)16-13(17)10(15)4-2/h1,5-6,8,10H,4,7,15H2,2H3. The van der Waals surface area contributed by atoms with Crippen LogP contribution in [0.25, 0.3) is 11.0 Å². The lowest BCUT2D eigenvalue weighted by molar-refractivity contribution is 0.612. The Morgan fingerprint density at radius 3 is 3.00 bits per heavy atom. The third-order valence-electron chi connectivity index (χ3n) is 2.76. The molecule has 2 N–H and O–H groups in total. The molecule has 0 radical (unpaired) electrons. The van der Waals surface area contributed by atoms with Crippen molar-refractivity contribution in [2.24, 2.45) is 5.73 Å². The summed E-state index contributed by atoms with van der Waals surface area (Å²) in [5, 5.41) is 0.666. The number of aromatic nitrogens is 2. The second-order valence-electron chi connectivity index (χ2n) is 3.91. The summed E-state index contributed by atoms with van der Waals surface area (Å²) in [4.78, 5) is 4.52. The second-order valence-corrected chi connectivity index (χ2v) is 4.34. The first-order chi connectivity index (χ1) is 8.17. The van der Waals surface area contributed by atoms with Gasteiger partial charge in [0.2, 0.25) is 0 Å². The largest absolute Gasteiger partial charge is 0.321 e. The second kappa shape index (κ2) is 4.79. The number of halogens is 1. The first-order valence-electron chi connectivity index (χ1n) is 5.52. The molecule has 0 saturated heterocycles. The van der Waals surface area contributed by atoms with E-state index in [2.05, 4.69) is 10.9 Å². The minimum atomic E-state index is -0.102. The number of nitrogens with two attached hydrogens (primary N) is 1. The summed E-state index contributed by atoms with van der Waals surface area (Å²) in [6.45, 7) is 2.50. The van der Waals surface area contributed by atoms with Crippen molar-refractivity contribution in [3.8, 4) is 12.3 Å². The number of imidazole rings is 1. The van der Waals surface area contributed by atoms with Crippen LogP contribution in [0.4, 0.5) is 0 Å². The summed E-state index contributed by atoms with van der Waals surface area (Å²) in [6.07, 6.45) is 6.21. The summed E-state index contributed by atoms with van der Waals surface area (Å²) in [7, 11) is 0. The van der Waals surface area contributed by atoms with Crippen molar-refractivity contribution in [2.75, 3.05) is 0 Å². The molecule has 1 unspecified atom stereocenters. The topological polar surface area (TPSA) is 43.8 Å². The highest BCUT2D eigenvalue weighted by atomic mass is 35.5. The van der Waals surface area contributed by atoms with Gasteiger partial charge in [0, 0.05) is 5.02 Å². The molecule has 0 amide bonds. The predicted molar refractivity (Wildman–Crippen MR) is 70.8 cm³/mol. The Kier molecular flexibility index (Phi) is 3.37. The Labute approximate surface area is 106 Å². The van der Waals surface area contributed by atoms with Crippen molar-refractivity contribution in [1.29, 1.82) is 0 Å². The number of hydrogen-bond acceptors (Lipinski definition) is 2. The number of nitrogens with zero attached hydrogens (tertiary/aromatic N) is 2. The maximum atomic E-state index is 6.04. The Morgan fingerprint density at radius 1 is 1.59 bits per heavy atom. The number of terminal acetylenes is 1. The highest BCUT2D eigenvalue weighted by Crippen LogP contribution is 2.23. The zero-order valence-corrected chi connectivity index (χ0v) is 10.4. The van der Waals surface area contributed by atoms with Gasteiger partial charge in [-0.05, 0) is 24.6 Å². The van der Waals surface area contributed by atoms with Crippen LogP contribution in [0.1, 0.15) is 25.2 Å². The molecule has 0 saturated carbocycles. The van der Waals surface area contributed by atoms with Gasteiger partial charge in [-0.25, -0.2) is 4.98 Å². The predicted octanol–water partition coefficient (Wildman–Crippen LogP) is 2.73. The third kappa shape index (κ3) is 2.14. The maximum Gasteiger partial charge on any atom is 0.127 e. The van der Waals surface area contributed by atoms with Gasteiger partial charge in [-0.2, -0.15) is 0 Å². The van der Waals surface area contributed by atoms with Crippen LogP contribution < -0.4 is 5.73 Å². The van der Waals surface area contributed by atoms with Gasteiger partial charge < -0.3 is 10.3 Å². The number of fused-ring (bicyclic) bond motifs is 1. The van der Waals surface area contributed by atoms with Gasteiger partial charge in [-0.1, -0.05) is 24.4 Å². The molecular weight excluding hydrogens is 234 g/mol. The normalized spacial score (nSPS) is 12.6. The van der Waals surface area contributed by atoms with Gasteiger partial charge in [0.05, 0.1) is 23.6 Å². The zero-order valence-electron chi connectivity index (χ0n) is 9.65. The Hall–Kier alpha value is -1.50. The van der Waals surface area contributed by atoms with Crippen molar-refractivity contribution < 1.29 is 0 Å². The van der Waals surface area contributed by atoms with E-state index < -0.39 is 0 Å². The fraction of sp³-hybridized carbons (Fsp3) is 0.308. The van der Waals surface area contributed by atoms with Crippen LogP contribution in [0.15, 0.2) is 18.2 Å². The van der Waals surface area contributed by atoms with Crippen LogP contribution in [0, 0.1) is 12.3 Å². The molecule has 0 aliphatic carbocycles. The average molecular weight is 248 g/mol. The van der Waals surface area contributed by atoms with E-state index in [0.717, 1.165) is 23.3 Å². The molecule has 0 aliphatic rings. The molecule has 3 nitrogen and oxygen atoms in total. The first kappa shape index (κ1) is 12.0. The van der Waals surface area contributed by atoms with Crippen molar-refractivity contribution in [1.82, 2.24) is 9.55 Å². The van der Waals surface area contributed by atoms with Gasteiger partial charge in [-0.3, -0.25) is 0 Å². The molecule has 0 fully saturated rings. The van der Waals surface area contributed by atoms with E-state index in [1.54, 1.807) is 0 Å². The molecule has 17 heavy (non-hydrogen) atoms. The van der Waals surface area contributed by atoms with E-state index in [1.165, 1.54) is 0 Å². The molecule has 2 aromatic rings. The summed E-state index contributed by atoms with van der Waals surface area (Å²) in [5.74, 6) is 3.45. The molecule has 1 aromatic heterocycles. The van der Waals surface area contributed by atoms with E-state index in [0.29, 0.717) is 11.6 Å². The van der Waals surface area contributed by atoms with Gasteiger partial charge in [0.1, 0.15) is 5.82 Å². The molecule has 1 heterocycles. The van der Waals surface area contributed by atoms with Crippen molar-refractivity contribution in [3.63, 3.8) is 0 Å². The van der Waals surface area contributed by atoms with Gasteiger partial charge in [0.25, 0.3) is 0 Å². The number of rotatable bonds is 3. The van der Waals surface area contributed by atoms with Crippen LogP contribution in [-0.2, 0) is 6.54 Å². The van der Waals surface area contributed by atoms with Crippen molar-refractivity contribution in [2.45, 2.75) is 25.9 Å². The summed E-state index contributed by atoms with van der Waals surface area (Å²) >= 11 is 5.95. The lowest BCUT2D eigenvalue weighted by Crippen LogP contribution is -2.15. The highest BCUT2D eigenvalue weighted by molar-refractivity contribution is 6.31. The molecule has 1 atom stereocenters. The average Bonchev–Trinajstić information content (AvgIpc) is 2.67. The quantitative estimate of drug-likeness (QED) is 0.848. The van der Waals surface area contributed by atoms with Crippen LogP contribution in [0.3, 0.4) is 0 Å². The van der Waals surface area contributed by atoms with Crippen molar-refractivity contribution >= 4 is 22.6 Å². The molecule has 88 valence electrons. The lowest BCUT2D eigenvalue weighted by atomic mass is 10.2. The first-order valence-corrected chi connectivity index (χ1v) is 5.90. The Balaban J connectivity index is 2.66. The lowest BCUT2D eigenvalue weighted by Gasteiger charge is -2.10. The monoisotopic (exact) mass is 247 g/mol.